The van der Waals surface area contributed by atoms with Crippen LogP contribution in [0.5, 0.6) is 0 Å². The Morgan fingerprint density at radius 2 is 2.45 bits per heavy atom. The summed E-state index contributed by atoms with van der Waals surface area (Å²) < 4.78 is 2.10. The first-order valence-electron chi connectivity index (χ1n) is 3.05. The average Bonchev–Trinajstić information content (AvgIpc) is 2.33. The maximum absolute atomic E-state index is 4.10. The second-order valence-electron chi connectivity index (χ2n) is 2.19. The summed E-state index contributed by atoms with van der Waals surface area (Å²) in [5.41, 5.74) is 1.08. The van der Waals surface area contributed by atoms with Crippen molar-refractivity contribution in [3.05, 3.63) is 26.6 Å². The van der Waals surface area contributed by atoms with E-state index in [2.05, 4.69) is 48.5 Å². The van der Waals surface area contributed by atoms with Crippen molar-refractivity contribution in [2.24, 2.45) is 0 Å². The molecule has 0 saturated carbocycles. The number of rotatable bonds is 0. The zero-order valence-corrected chi connectivity index (χ0v) is 9.18. The zero-order chi connectivity index (χ0) is 7.84. The van der Waals surface area contributed by atoms with Gasteiger partial charge in [-0.25, -0.2) is 4.98 Å². The number of hydrogen-bond acceptors (Lipinski definition) is 1. The van der Waals surface area contributed by atoms with Crippen molar-refractivity contribution >= 4 is 49.4 Å². The summed E-state index contributed by atoms with van der Waals surface area (Å²) in [5, 5.41) is 1.22. The number of hydrogen-bond donors (Lipinski definition) is 1. The Labute approximate surface area is 87.2 Å². The van der Waals surface area contributed by atoms with Gasteiger partial charge in [0.2, 0.25) is 0 Å². The number of aromatic amines is 1. The molecular formula is C7H6BrIN2. The Kier molecular flexibility index (Phi) is 1.88. The van der Waals surface area contributed by atoms with Gasteiger partial charge in [-0.1, -0.05) is 0 Å². The molecule has 0 bridgehead atoms. The first-order chi connectivity index (χ1) is 5.27. The molecule has 0 radical (unpaired) electrons. The van der Waals surface area contributed by atoms with Crippen LogP contribution in [-0.4, -0.2) is 9.97 Å². The molecule has 0 fully saturated rings. The van der Waals surface area contributed by atoms with Crippen molar-refractivity contribution in [3.8, 4) is 0 Å². The van der Waals surface area contributed by atoms with Crippen molar-refractivity contribution in [3.63, 3.8) is 0 Å². The Bertz CT molecular complexity index is 401. The topological polar surface area (TPSA) is 28.7 Å². The van der Waals surface area contributed by atoms with Crippen molar-refractivity contribution in [2.75, 3.05) is 0 Å². The second kappa shape index (κ2) is 2.75. The molecule has 0 atom stereocenters. The van der Waals surface area contributed by atoms with E-state index >= 15 is 0 Å². The van der Waals surface area contributed by atoms with Gasteiger partial charge in [-0.2, -0.15) is 0 Å². The van der Waals surface area contributed by atoms with Crippen LogP contribution in [0.1, 0.15) is 1.43 Å². The second-order valence-corrected chi connectivity index (χ2v) is 4.16. The van der Waals surface area contributed by atoms with Crippen LogP contribution in [0.2, 0.25) is 0 Å². The van der Waals surface area contributed by atoms with E-state index < -0.39 is 0 Å². The Morgan fingerprint density at radius 3 is 3.27 bits per heavy atom. The van der Waals surface area contributed by atoms with Crippen LogP contribution in [0, 0.1) is 3.57 Å². The lowest BCUT2D eigenvalue weighted by Gasteiger charge is -1.90. The SMILES string of the molecule is Brc1cc2c(I)c[nH]c2cn1.[HH]. The third-order valence-electron chi connectivity index (χ3n) is 1.48. The number of pyridine rings is 1. The van der Waals surface area contributed by atoms with Gasteiger partial charge in [0, 0.05) is 16.6 Å². The molecule has 0 aliphatic rings. The molecule has 58 valence electrons. The van der Waals surface area contributed by atoms with E-state index in [4.69, 9.17) is 0 Å². The molecule has 0 spiro atoms. The van der Waals surface area contributed by atoms with Crippen molar-refractivity contribution in [2.45, 2.75) is 0 Å². The smallest absolute Gasteiger partial charge is 0.106 e. The van der Waals surface area contributed by atoms with Crippen molar-refractivity contribution < 1.29 is 1.43 Å². The third kappa shape index (κ3) is 1.29. The molecule has 2 heterocycles. The minimum absolute atomic E-state index is 0. The molecule has 1 N–H and O–H groups in total. The van der Waals surface area contributed by atoms with Gasteiger partial charge in [0.25, 0.3) is 0 Å². The van der Waals surface area contributed by atoms with E-state index in [9.17, 15) is 0 Å². The number of H-pyrrole nitrogens is 1. The van der Waals surface area contributed by atoms with Gasteiger partial charge in [0.15, 0.2) is 0 Å². The van der Waals surface area contributed by atoms with Gasteiger partial charge < -0.3 is 4.98 Å². The Balaban J connectivity index is 0.000000720. The normalized spacial score (nSPS) is 10.7. The van der Waals surface area contributed by atoms with E-state index in [-0.39, 0.29) is 1.43 Å². The van der Waals surface area contributed by atoms with Crippen LogP contribution in [0.25, 0.3) is 10.9 Å². The highest BCUT2D eigenvalue weighted by Crippen LogP contribution is 2.21. The van der Waals surface area contributed by atoms with Gasteiger partial charge in [-0.05, 0) is 44.6 Å². The molecule has 0 saturated heterocycles. The van der Waals surface area contributed by atoms with E-state index in [1.165, 1.54) is 8.96 Å². The lowest BCUT2D eigenvalue weighted by Crippen LogP contribution is -1.74. The van der Waals surface area contributed by atoms with E-state index in [0.717, 1.165) is 10.1 Å². The molecule has 0 unspecified atom stereocenters. The predicted octanol–water partition coefficient (Wildman–Crippen LogP) is 3.18. The van der Waals surface area contributed by atoms with Crippen molar-refractivity contribution in [1.82, 2.24) is 9.97 Å². The summed E-state index contributed by atoms with van der Waals surface area (Å²) in [6.45, 7) is 0. The summed E-state index contributed by atoms with van der Waals surface area (Å²) in [7, 11) is 0. The van der Waals surface area contributed by atoms with E-state index in [0.29, 0.717) is 0 Å². The molecule has 0 aliphatic heterocycles. The minimum Gasteiger partial charge on any atom is -0.359 e. The fourth-order valence-electron chi connectivity index (χ4n) is 0.961. The number of halogens is 2. The van der Waals surface area contributed by atoms with Gasteiger partial charge in [0.1, 0.15) is 4.60 Å². The number of fused-ring (bicyclic) bond motifs is 1. The molecule has 2 aromatic heterocycles. The van der Waals surface area contributed by atoms with E-state index in [1.54, 1.807) is 0 Å². The number of aromatic nitrogens is 2. The van der Waals surface area contributed by atoms with Gasteiger partial charge in [-0.15, -0.1) is 0 Å². The number of nitrogens with one attached hydrogen (secondary N) is 1. The van der Waals surface area contributed by atoms with Crippen LogP contribution >= 0.6 is 38.5 Å². The molecule has 11 heavy (non-hydrogen) atoms. The Morgan fingerprint density at radius 1 is 1.64 bits per heavy atom. The molecule has 2 nitrogen and oxygen atoms in total. The zero-order valence-electron chi connectivity index (χ0n) is 5.44. The monoisotopic (exact) mass is 324 g/mol. The highest BCUT2D eigenvalue weighted by Gasteiger charge is 2.00. The summed E-state index contributed by atoms with van der Waals surface area (Å²) in [6.07, 6.45) is 3.79. The minimum atomic E-state index is 0. The van der Waals surface area contributed by atoms with Gasteiger partial charge >= 0.3 is 0 Å². The fraction of sp³-hybridized carbons (Fsp3) is 0. The first kappa shape index (κ1) is 7.54. The molecule has 0 aromatic carbocycles. The molecule has 4 heteroatoms. The predicted molar refractivity (Wildman–Crippen MR) is 58.6 cm³/mol. The van der Waals surface area contributed by atoms with Gasteiger partial charge in [-0.3, -0.25) is 0 Å². The molecule has 2 aromatic rings. The standard InChI is InChI=1S/C7H4BrIN2.H2/c8-7-1-4-5(9)2-10-6(4)3-11-7;/h1-3,10H;1H. The summed E-state index contributed by atoms with van der Waals surface area (Å²) >= 11 is 5.61. The van der Waals surface area contributed by atoms with Crippen LogP contribution in [-0.2, 0) is 0 Å². The highest BCUT2D eigenvalue weighted by molar-refractivity contribution is 14.1. The van der Waals surface area contributed by atoms with Crippen LogP contribution in [0.3, 0.4) is 0 Å². The quantitative estimate of drug-likeness (QED) is 0.585. The molecule has 2 rings (SSSR count). The molecule has 0 aliphatic carbocycles. The lowest BCUT2D eigenvalue weighted by atomic mass is 10.3. The molecular weight excluding hydrogens is 319 g/mol. The largest absolute Gasteiger partial charge is 0.359 e. The van der Waals surface area contributed by atoms with Crippen LogP contribution in [0.15, 0.2) is 23.1 Å². The van der Waals surface area contributed by atoms with Gasteiger partial charge in [0.05, 0.1) is 11.7 Å². The first-order valence-corrected chi connectivity index (χ1v) is 4.92. The summed E-state index contributed by atoms with van der Waals surface area (Å²) in [5.74, 6) is 0. The Hall–Kier alpha value is -0.100. The average molecular weight is 325 g/mol. The van der Waals surface area contributed by atoms with Crippen molar-refractivity contribution in [1.29, 1.82) is 0 Å². The third-order valence-corrected chi connectivity index (χ3v) is 2.81. The van der Waals surface area contributed by atoms with Crippen LogP contribution in [0.4, 0.5) is 0 Å². The number of nitrogens with zero attached hydrogens (tertiary/aromatic N) is 1. The lowest BCUT2D eigenvalue weighted by molar-refractivity contribution is 1.29. The van der Waals surface area contributed by atoms with Crippen LogP contribution < -0.4 is 0 Å². The fourth-order valence-corrected chi connectivity index (χ4v) is 1.89. The highest BCUT2D eigenvalue weighted by atomic mass is 127. The molecule has 0 amide bonds. The maximum Gasteiger partial charge on any atom is 0.106 e. The summed E-state index contributed by atoms with van der Waals surface area (Å²) in [4.78, 5) is 7.23. The maximum atomic E-state index is 4.10. The van der Waals surface area contributed by atoms with E-state index in [1.807, 2.05) is 18.5 Å². The summed E-state index contributed by atoms with van der Waals surface area (Å²) in [6, 6.07) is 2.01.